The van der Waals surface area contributed by atoms with E-state index in [4.69, 9.17) is 4.74 Å². The second kappa shape index (κ2) is 8.13. The Morgan fingerprint density at radius 2 is 2.12 bits per heavy atom. The van der Waals surface area contributed by atoms with Gasteiger partial charge in [0, 0.05) is 32.7 Å². The molecule has 8 nitrogen and oxygen atoms in total. The molecule has 0 saturated carbocycles. The molecular formula is C17H21FN4O4. The standard InChI is InChI=1S/C17H21FN4O4/c18-13-4-2-1-3-12(13)16(24)22-9-10-26-14(11-22)15(23)19-5-7-21-8-6-20-17(21)25/h1-4,14H,5-11H2,(H,19,23)(H,20,25). The summed E-state index contributed by atoms with van der Waals surface area (Å²) in [6.07, 6.45) is -0.813. The molecule has 140 valence electrons. The molecule has 2 saturated heterocycles. The van der Waals surface area contributed by atoms with Crippen LogP contribution in [-0.4, -0.2) is 79.6 Å². The largest absolute Gasteiger partial charge is 0.365 e. The summed E-state index contributed by atoms with van der Waals surface area (Å²) in [4.78, 5) is 39.2. The first-order chi connectivity index (χ1) is 12.6. The molecule has 2 aliphatic heterocycles. The van der Waals surface area contributed by atoms with Crippen molar-refractivity contribution in [2.45, 2.75) is 6.10 Å². The van der Waals surface area contributed by atoms with Crippen molar-refractivity contribution < 1.29 is 23.5 Å². The molecule has 2 aliphatic rings. The zero-order chi connectivity index (χ0) is 18.5. The molecule has 2 N–H and O–H groups in total. The smallest absolute Gasteiger partial charge is 0.317 e. The number of rotatable bonds is 5. The zero-order valence-corrected chi connectivity index (χ0v) is 14.2. The molecule has 0 aromatic heterocycles. The number of nitrogens with one attached hydrogen (secondary N) is 2. The summed E-state index contributed by atoms with van der Waals surface area (Å²) in [5.41, 5.74) is -0.0198. The van der Waals surface area contributed by atoms with Crippen LogP contribution in [0.15, 0.2) is 24.3 Å². The van der Waals surface area contributed by atoms with Crippen LogP contribution in [0.5, 0.6) is 0 Å². The number of carbonyl (C=O) groups excluding carboxylic acids is 3. The van der Waals surface area contributed by atoms with E-state index in [2.05, 4.69) is 10.6 Å². The fraction of sp³-hybridized carbons (Fsp3) is 0.471. The van der Waals surface area contributed by atoms with E-state index in [0.29, 0.717) is 32.7 Å². The van der Waals surface area contributed by atoms with Gasteiger partial charge in [0.2, 0.25) is 0 Å². The Bertz CT molecular complexity index is 699. The normalized spacial score (nSPS) is 20.0. The first-order valence-corrected chi connectivity index (χ1v) is 8.52. The summed E-state index contributed by atoms with van der Waals surface area (Å²) >= 11 is 0. The average Bonchev–Trinajstić information content (AvgIpc) is 3.06. The van der Waals surface area contributed by atoms with Gasteiger partial charge in [-0.15, -0.1) is 0 Å². The van der Waals surface area contributed by atoms with Crippen LogP contribution in [0.4, 0.5) is 9.18 Å². The quantitative estimate of drug-likeness (QED) is 0.758. The third kappa shape index (κ3) is 4.10. The van der Waals surface area contributed by atoms with Crippen LogP contribution >= 0.6 is 0 Å². The van der Waals surface area contributed by atoms with Crippen LogP contribution in [0, 0.1) is 5.82 Å². The van der Waals surface area contributed by atoms with Gasteiger partial charge in [-0.2, -0.15) is 0 Å². The number of carbonyl (C=O) groups is 3. The molecule has 26 heavy (non-hydrogen) atoms. The fourth-order valence-corrected chi connectivity index (χ4v) is 2.95. The maximum Gasteiger partial charge on any atom is 0.317 e. The van der Waals surface area contributed by atoms with E-state index in [1.54, 1.807) is 11.0 Å². The van der Waals surface area contributed by atoms with Crippen LogP contribution < -0.4 is 10.6 Å². The van der Waals surface area contributed by atoms with E-state index in [1.165, 1.54) is 23.1 Å². The van der Waals surface area contributed by atoms with Crippen molar-refractivity contribution in [1.82, 2.24) is 20.4 Å². The highest BCUT2D eigenvalue weighted by Gasteiger charge is 2.30. The summed E-state index contributed by atoms with van der Waals surface area (Å²) in [5.74, 6) is -1.40. The second-order valence-electron chi connectivity index (χ2n) is 6.10. The molecule has 0 aliphatic carbocycles. The maximum atomic E-state index is 13.8. The lowest BCUT2D eigenvalue weighted by Crippen LogP contribution is -2.52. The Kier molecular flexibility index (Phi) is 5.67. The van der Waals surface area contributed by atoms with Gasteiger partial charge >= 0.3 is 6.03 Å². The molecule has 1 aromatic rings. The topological polar surface area (TPSA) is 91.0 Å². The molecule has 9 heteroatoms. The van der Waals surface area contributed by atoms with Gasteiger partial charge in [-0.1, -0.05) is 12.1 Å². The number of benzene rings is 1. The minimum atomic E-state index is -0.813. The van der Waals surface area contributed by atoms with Gasteiger partial charge in [-0.25, -0.2) is 9.18 Å². The van der Waals surface area contributed by atoms with Gasteiger partial charge in [0.05, 0.1) is 18.7 Å². The lowest BCUT2D eigenvalue weighted by Gasteiger charge is -2.32. The number of morpholine rings is 1. The highest BCUT2D eigenvalue weighted by Crippen LogP contribution is 2.13. The molecule has 1 unspecified atom stereocenters. The molecule has 2 fully saturated rings. The van der Waals surface area contributed by atoms with Crippen LogP contribution in [-0.2, 0) is 9.53 Å². The maximum absolute atomic E-state index is 13.8. The van der Waals surface area contributed by atoms with Crippen molar-refractivity contribution in [2.24, 2.45) is 0 Å². The monoisotopic (exact) mass is 364 g/mol. The molecule has 3 rings (SSSR count). The van der Waals surface area contributed by atoms with E-state index in [1.807, 2.05) is 0 Å². The predicted molar refractivity (Wildman–Crippen MR) is 90.0 cm³/mol. The summed E-state index contributed by atoms with van der Waals surface area (Å²) in [5, 5.41) is 5.40. The second-order valence-corrected chi connectivity index (χ2v) is 6.10. The molecule has 0 bridgehead atoms. The van der Waals surface area contributed by atoms with Crippen molar-refractivity contribution in [2.75, 3.05) is 45.9 Å². The van der Waals surface area contributed by atoms with E-state index >= 15 is 0 Å². The first kappa shape index (κ1) is 18.1. The van der Waals surface area contributed by atoms with E-state index in [0.717, 1.165) is 0 Å². The van der Waals surface area contributed by atoms with Crippen molar-refractivity contribution in [3.63, 3.8) is 0 Å². The Morgan fingerprint density at radius 1 is 1.31 bits per heavy atom. The fourth-order valence-electron chi connectivity index (χ4n) is 2.95. The van der Waals surface area contributed by atoms with E-state index in [-0.39, 0.29) is 30.7 Å². The van der Waals surface area contributed by atoms with Crippen molar-refractivity contribution in [1.29, 1.82) is 0 Å². The Balaban J connectivity index is 1.51. The molecule has 1 aromatic carbocycles. The van der Waals surface area contributed by atoms with Crippen LogP contribution in [0.25, 0.3) is 0 Å². The van der Waals surface area contributed by atoms with Crippen molar-refractivity contribution in [3.05, 3.63) is 35.6 Å². The minimum Gasteiger partial charge on any atom is -0.365 e. The van der Waals surface area contributed by atoms with Gasteiger partial charge in [0.1, 0.15) is 5.82 Å². The van der Waals surface area contributed by atoms with Gasteiger partial charge < -0.3 is 25.2 Å². The molecular weight excluding hydrogens is 343 g/mol. The van der Waals surface area contributed by atoms with Gasteiger partial charge in [-0.05, 0) is 12.1 Å². The number of hydrogen-bond acceptors (Lipinski definition) is 4. The first-order valence-electron chi connectivity index (χ1n) is 8.52. The van der Waals surface area contributed by atoms with Crippen molar-refractivity contribution in [3.8, 4) is 0 Å². The number of nitrogens with zero attached hydrogens (tertiary/aromatic N) is 2. The molecule has 1 atom stereocenters. The summed E-state index contributed by atoms with van der Waals surface area (Å²) in [6, 6.07) is 5.61. The third-order valence-electron chi connectivity index (χ3n) is 4.38. The Labute approximate surface area is 150 Å². The number of hydrogen-bond donors (Lipinski definition) is 2. The van der Waals surface area contributed by atoms with Crippen LogP contribution in [0.3, 0.4) is 0 Å². The van der Waals surface area contributed by atoms with Gasteiger partial charge in [0.15, 0.2) is 6.10 Å². The third-order valence-corrected chi connectivity index (χ3v) is 4.38. The summed E-state index contributed by atoms with van der Waals surface area (Å²) in [6.45, 7) is 2.47. The molecule has 0 spiro atoms. The predicted octanol–water partition coefficient (Wildman–Crippen LogP) is -0.192. The Hall–Kier alpha value is -2.68. The molecule has 4 amide bonds. The van der Waals surface area contributed by atoms with Gasteiger partial charge in [0.25, 0.3) is 11.8 Å². The van der Waals surface area contributed by atoms with Crippen LogP contribution in [0.2, 0.25) is 0 Å². The summed E-state index contributed by atoms with van der Waals surface area (Å²) < 4.78 is 19.2. The summed E-state index contributed by atoms with van der Waals surface area (Å²) in [7, 11) is 0. The zero-order valence-electron chi connectivity index (χ0n) is 14.2. The number of amides is 4. The highest BCUT2D eigenvalue weighted by molar-refractivity contribution is 5.95. The van der Waals surface area contributed by atoms with Crippen LogP contribution in [0.1, 0.15) is 10.4 Å². The average molecular weight is 364 g/mol. The SMILES string of the molecule is O=C(NCCN1CCNC1=O)C1CN(C(=O)c2ccccc2F)CCO1. The van der Waals surface area contributed by atoms with E-state index in [9.17, 15) is 18.8 Å². The number of halogens is 1. The van der Waals surface area contributed by atoms with E-state index < -0.39 is 17.8 Å². The minimum absolute atomic E-state index is 0.0198. The highest BCUT2D eigenvalue weighted by atomic mass is 19.1. The molecule has 2 heterocycles. The Morgan fingerprint density at radius 3 is 2.85 bits per heavy atom. The lowest BCUT2D eigenvalue weighted by atomic mass is 10.1. The molecule has 0 radical (unpaired) electrons. The van der Waals surface area contributed by atoms with Crippen molar-refractivity contribution >= 4 is 17.8 Å². The van der Waals surface area contributed by atoms with Gasteiger partial charge in [-0.3, -0.25) is 9.59 Å². The number of urea groups is 1. The number of ether oxygens (including phenoxy) is 1. The lowest BCUT2D eigenvalue weighted by molar-refractivity contribution is -0.137.